The molecule has 0 aromatic carbocycles. The standard InChI is InChI=1S/C17H21N3O2/c1-12-6-7-13(18-10-12)11-20(2)17(21)19-15-4-3-5-16-14(15)8-9-22-16/h6-10,15H,3-5,11H2,1-2H3,(H,19,21). The summed E-state index contributed by atoms with van der Waals surface area (Å²) >= 11 is 0. The number of urea groups is 1. The number of hydrogen-bond donors (Lipinski definition) is 1. The molecular weight excluding hydrogens is 278 g/mol. The van der Waals surface area contributed by atoms with E-state index in [0.717, 1.165) is 41.8 Å². The lowest BCUT2D eigenvalue weighted by molar-refractivity contribution is 0.200. The van der Waals surface area contributed by atoms with Crippen LogP contribution in [0.2, 0.25) is 0 Å². The molecule has 2 amide bonds. The van der Waals surface area contributed by atoms with Crippen LogP contribution in [0.15, 0.2) is 35.1 Å². The van der Waals surface area contributed by atoms with E-state index in [-0.39, 0.29) is 12.1 Å². The van der Waals surface area contributed by atoms with Gasteiger partial charge in [-0.2, -0.15) is 0 Å². The number of carbonyl (C=O) groups is 1. The maximum Gasteiger partial charge on any atom is 0.317 e. The Kier molecular flexibility index (Phi) is 4.13. The molecule has 2 aromatic heterocycles. The third-order valence-corrected chi connectivity index (χ3v) is 4.07. The molecule has 3 rings (SSSR count). The highest BCUT2D eigenvalue weighted by Crippen LogP contribution is 2.30. The van der Waals surface area contributed by atoms with Crippen LogP contribution in [0.4, 0.5) is 4.79 Å². The van der Waals surface area contributed by atoms with Crippen LogP contribution < -0.4 is 5.32 Å². The number of amides is 2. The summed E-state index contributed by atoms with van der Waals surface area (Å²) in [5.41, 5.74) is 3.11. The van der Waals surface area contributed by atoms with Gasteiger partial charge in [-0.3, -0.25) is 4.98 Å². The Balaban J connectivity index is 1.61. The number of carbonyl (C=O) groups excluding carboxylic acids is 1. The van der Waals surface area contributed by atoms with Crippen LogP contribution in [0, 0.1) is 6.92 Å². The van der Waals surface area contributed by atoms with Gasteiger partial charge >= 0.3 is 6.03 Å². The molecule has 5 heteroatoms. The van der Waals surface area contributed by atoms with Gasteiger partial charge in [0.25, 0.3) is 0 Å². The van der Waals surface area contributed by atoms with E-state index in [1.807, 2.05) is 31.3 Å². The van der Waals surface area contributed by atoms with E-state index in [0.29, 0.717) is 6.54 Å². The van der Waals surface area contributed by atoms with Gasteiger partial charge in [-0.05, 0) is 37.5 Å². The second-order valence-corrected chi connectivity index (χ2v) is 5.88. The normalized spacial score (nSPS) is 16.9. The van der Waals surface area contributed by atoms with Crippen LogP contribution in [0.5, 0.6) is 0 Å². The van der Waals surface area contributed by atoms with Crippen molar-refractivity contribution >= 4 is 6.03 Å². The lowest BCUT2D eigenvalue weighted by Crippen LogP contribution is -2.39. The van der Waals surface area contributed by atoms with Crippen LogP contribution in [0.25, 0.3) is 0 Å². The average Bonchev–Trinajstić information content (AvgIpc) is 2.99. The first-order valence-corrected chi connectivity index (χ1v) is 7.63. The molecule has 0 spiro atoms. The average molecular weight is 299 g/mol. The van der Waals surface area contributed by atoms with Crippen LogP contribution in [-0.4, -0.2) is 23.0 Å². The zero-order valence-corrected chi connectivity index (χ0v) is 13.0. The lowest BCUT2D eigenvalue weighted by atomic mass is 9.93. The van der Waals surface area contributed by atoms with Gasteiger partial charge in [0.15, 0.2) is 0 Å². The van der Waals surface area contributed by atoms with Crippen molar-refractivity contribution in [3.05, 3.63) is 53.2 Å². The number of nitrogens with zero attached hydrogens (tertiary/aromatic N) is 2. The molecule has 1 aliphatic carbocycles. The summed E-state index contributed by atoms with van der Waals surface area (Å²) in [6.07, 6.45) is 6.47. The summed E-state index contributed by atoms with van der Waals surface area (Å²) in [6.45, 7) is 2.50. The first-order valence-electron chi connectivity index (χ1n) is 7.63. The van der Waals surface area contributed by atoms with Crippen molar-refractivity contribution in [1.82, 2.24) is 15.2 Å². The first kappa shape index (κ1) is 14.6. The lowest BCUT2D eigenvalue weighted by Gasteiger charge is -2.26. The van der Waals surface area contributed by atoms with Crippen molar-refractivity contribution in [2.24, 2.45) is 0 Å². The molecule has 0 fully saturated rings. The summed E-state index contributed by atoms with van der Waals surface area (Å²) < 4.78 is 5.46. The molecule has 0 saturated heterocycles. The minimum atomic E-state index is -0.0820. The van der Waals surface area contributed by atoms with E-state index < -0.39 is 0 Å². The predicted octanol–water partition coefficient (Wildman–Crippen LogP) is 3.20. The van der Waals surface area contributed by atoms with E-state index in [1.54, 1.807) is 18.2 Å². The smallest absolute Gasteiger partial charge is 0.317 e. The molecule has 1 N–H and O–H groups in total. The first-order chi connectivity index (χ1) is 10.6. The van der Waals surface area contributed by atoms with E-state index >= 15 is 0 Å². The number of furan rings is 1. The van der Waals surface area contributed by atoms with Crippen LogP contribution >= 0.6 is 0 Å². The second-order valence-electron chi connectivity index (χ2n) is 5.88. The van der Waals surface area contributed by atoms with E-state index in [1.165, 1.54) is 0 Å². The van der Waals surface area contributed by atoms with Gasteiger partial charge in [0, 0.05) is 25.2 Å². The molecule has 2 aromatic rings. The van der Waals surface area contributed by atoms with Gasteiger partial charge in [-0.25, -0.2) is 4.79 Å². The molecule has 1 atom stereocenters. The number of rotatable bonds is 3. The van der Waals surface area contributed by atoms with E-state index in [2.05, 4.69) is 10.3 Å². The van der Waals surface area contributed by atoms with Crippen LogP contribution in [0.1, 0.15) is 41.5 Å². The highest BCUT2D eigenvalue weighted by molar-refractivity contribution is 5.74. The fourth-order valence-electron chi connectivity index (χ4n) is 2.80. The summed E-state index contributed by atoms with van der Waals surface area (Å²) in [4.78, 5) is 18.4. The molecule has 0 saturated carbocycles. The maximum atomic E-state index is 12.4. The van der Waals surface area contributed by atoms with Gasteiger partial charge in [0.2, 0.25) is 0 Å². The molecule has 22 heavy (non-hydrogen) atoms. The third kappa shape index (κ3) is 3.13. The quantitative estimate of drug-likeness (QED) is 0.946. The fourth-order valence-corrected chi connectivity index (χ4v) is 2.80. The van der Waals surface area contributed by atoms with Gasteiger partial charge in [-0.1, -0.05) is 6.07 Å². The van der Waals surface area contributed by atoms with Crippen molar-refractivity contribution < 1.29 is 9.21 Å². The molecular formula is C17H21N3O2. The summed E-state index contributed by atoms with van der Waals surface area (Å²) in [5, 5.41) is 3.09. The summed E-state index contributed by atoms with van der Waals surface area (Å²) in [5.74, 6) is 0.999. The monoisotopic (exact) mass is 299 g/mol. The highest BCUT2D eigenvalue weighted by Gasteiger charge is 2.25. The van der Waals surface area contributed by atoms with Gasteiger partial charge < -0.3 is 14.6 Å². The molecule has 0 radical (unpaired) electrons. The number of aryl methyl sites for hydroxylation is 2. The summed E-state index contributed by atoms with van der Waals surface area (Å²) in [6, 6.07) is 5.88. The van der Waals surface area contributed by atoms with Gasteiger partial charge in [0.05, 0.1) is 24.5 Å². The zero-order valence-electron chi connectivity index (χ0n) is 13.0. The van der Waals surface area contributed by atoms with Crippen molar-refractivity contribution in [2.75, 3.05) is 7.05 Å². The minimum absolute atomic E-state index is 0.0448. The molecule has 5 nitrogen and oxygen atoms in total. The Labute approximate surface area is 130 Å². The topological polar surface area (TPSA) is 58.4 Å². The largest absolute Gasteiger partial charge is 0.469 e. The second kappa shape index (κ2) is 6.22. The number of aromatic nitrogens is 1. The van der Waals surface area contributed by atoms with E-state index in [4.69, 9.17) is 4.42 Å². The van der Waals surface area contributed by atoms with Crippen molar-refractivity contribution in [2.45, 2.75) is 38.8 Å². The van der Waals surface area contributed by atoms with Crippen molar-refractivity contribution in [3.8, 4) is 0 Å². The fraction of sp³-hybridized carbons (Fsp3) is 0.412. The van der Waals surface area contributed by atoms with Crippen molar-refractivity contribution in [1.29, 1.82) is 0 Å². The SMILES string of the molecule is Cc1ccc(CN(C)C(=O)NC2CCCc3occc32)nc1. The molecule has 116 valence electrons. The zero-order chi connectivity index (χ0) is 15.5. The van der Waals surface area contributed by atoms with Crippen LogP contribution in [-0.2, 0) is 13.0 Å². The molecule has 2 heterocycles. The van der Waals surface area contributed by atoms with Crippen molar-refractivity contribution in [3.63, 3.8) is 0 Å². The molecule has 0 aliphatic heterocycles. The Hall–Kier alpha value is -2.30. The Morgan fingerprint density at radius 2 is 2.32 bits per heavy atom. The molecule has 1 aliphatic rings. The minimum Gasteiger partial charge on any atom is -0.469 e. The van der Waals surface area contributed by atoms with Crippen LogP contribution in [0.3, 0.4) is 0 Å². The Morgan fingerprint density at radius 3 is 3.09 bits per heavy atom. The number of hydrogen-bond acceptors (Lipinski definition) is 3. The number of fused-ring (bicyclic) bond motifs is 1. The number of nitrogens with one attached hydrogen (secondary N) is 1. The highest BCUT2D eigenvalue weighted by atomic mass is 16.3. The van der Waals surface area contributed by atoms with Gasteiger partial charge in [0.1, 0.15) is 5.76 Å². The van der Waals surface area contributed by atoms with Gasteiger partial charge in [-0.15, -0.1) is 0 Å². The Bertz CT molecular complexity index is 648. The van der Waals surface area contributed by atoms with E-state index in [9.17, 15) is 4.79 Å². The number of pyridine rings is 1. The predicted molar refractivity (Wildman–Crippen MR) is 83.4 cm³/mol. The molecule has 0 bridgehead atoms. The summed E-state index contributed by atoms with van der Waals surface area (Å²) in [7, 11) is 1.79. The molecule has 1 unspecified atom stereocenters. The maximum absolute atomic E-state index is 12.4. The Morgan fingerprint density at radius 1 is 1.45 bits per heavy atom. The third-order valence-electron chi connectivity index (χ3n) is 4.07.